The summed E-state index contributed by atoms with van der Waals surface area (Å²) in [7, 11) is 1.63. The zero-order chi connectivity index (χ0) is 10.1. The summed E-state index contributed by atoms with van der Waals surface area (Å²) in [5.41, 5.74) is 6.50. The number of fused-ring (bicyclic) bond motifs is 1. The van der Waals surface area contributed by atoms with Gasteiger partial charge < -0.3 is 14.9 Å². The van der Waals surface area contributed by atoms with E-state index in [1.54, 1.807) is 7.11 Å². The van der Waals surface area contributed by atoms with Crippen LogP contribution in [0.15, 0.2) is 28.7 Å². The van der Waals surface area contributed by atoms with Crippen molar-refractivity contribution in [3.05, 3.63) is 30.0 Å². The highest BCUT2D eigenvalue weighted by molar-refractivity contribution is 5.83. The first-order valence-corrected chi connectivity index (χ1v) is 4.54. The molecule has 0 aliphatic rings. The Balaban J connectivity index is 2.64. The van der Waals surface area contributed by atoms with Crippen LogP contribution in [0.25, 0.3) is 11.0 Å². The molecule has 0 radical (unpaired) electrons. The highest BCUT2D eigenvalue weighted by atomic mass is 16.5. The first kappa shape index (κ1) is 9.09. The maximum absolute atomic E-state index is 5.73. The summed E-state index contributed by atoms with van der Waals surface area (Å²) in [6.45, 7) is 1.89. The number of benzene rings is 1. The van der Waals surface area contributed by atoms with Gasteiger partial charge in [-0.15, -0.1) is 0 Å². The average Bonchev–Trinajstić information content (AvgIpc) is 2.60. The Hall–Kier alpha value is -1.48. The number of furan rings is 1. The number of rotatable bonds is 2. The second-order valence-electron chi connectivity index (χ2n) is 3.32. The van der Waals surface area contributed by atoms with Crippen molar-refractivity contribution in [2.45, 2.75) is 13.0 Å². The van der Waals surface area contributed by atoms with E-state index in [-0.39, 0.29) is 6.04 Å². The van der Waals surface area contributed by atoms with Gasteiger partial charge in [-0.1, -0.05) is 12.1 Å². The normalized spacial score (nSPS) is 13.1. The van der Waals surface area contributed by atoms with E-state index in [1.165, 1.54) is 0 Å². The summed E-state index contributed by atoms with van der Waals surface area (Å²) in [6, 6.07) is 7.64. The number of para-hydroxylation sites is 1. The van der Waals surface area contributed by atoms with Gasteiger partial charge in [0.1, 0.15) is 5.76 Å². The fourth-order valence-corrected chi connectivity index (χ4v) is 1.44. The summed E-state index contributed by atoms with van der Waals surface area (Å²) >= 11 is 0. The lowest BCUT2D eigenvalue weighted by molar-refractivity contribution is 0.405. The van der Waals surface area contributed by atoms with E-state index >= 15 is 0 Å². The molecular weight excluding hydrogens is 178 g/mol. The number of methoxy groups -OCH3 is 1. The summed E-state index contributed by atoms with van der Waals surface area (Å²) in [5, 5.41) is 1.02. The van der Waals surface area contributed by atoms with Crippen LogP contribution in [0.2, 0.25) is 0 Å². The summed E-state index contributed by atoms with van der Waals surface area (Å²) in [4.78, 5) is 0. The Bertz CT molecular complexity index is 445. The van der Waals surface area contributed by atoms with Gasteiger partial charge in [-0.05, 0) is 19.1 Å². The molecule has 14 heavy (non-hydrogen) atoms. The highest BCUT2D eigenvalue weighted by Crippen LogP contribution is 2.30. The minimum absolute atomic E-state index is 0.0906. The monoisotopic (exact) mass is 191 g/mol. The van der Waals surface area contributed by atoms with Gasteiger partial charge in [-0.2, -0.15) is 0 Å². The number of hydrogen-bond donors (Lipinski definition) is 1. The average molecular weight is 191 g/mol. The van der Waals surface area contributed by atoms with Crippen molar-refractivity contribution < 1.29 is 9.15 Å². The minimum atomic E-state index is -0.0906. The van der Waals surface area contributed by atoms with Crippen LogP contribution in [-0.4, -0.2) is 7.11 Å². The largest absolute Gasteiger partial charge is 0.493 e. The van der Waals surface area contributed by atoms with Crippen LogP contribution in [0.5, 0.6) is 5.75 Å². The summed E-state index contributed by atoms with van der Waals surface area (Å²) in [6.07, 6.45) is 0. The molecule has 0 unspecified atom stereocenters. The molecule has 1 aromatic heterocycles. The van der Waals surface area contributed by atoms with E-state index in [0.29, 0.717) is 0 Å². The molecule has 2 N–H and O–H groups in total. The summed E-state index contributed by atoms with van der Waals surface area (Å²) in [5.74, 6) is 1.53. The second-order valence-corrected chi connectivity index (χ2v) is 3.32. The molecule has 0 spiro atoms. The maximum Gasteiger partial charge on any atom is 0.176 e. The van der Waals surface area contributed by atoms with Gasteiger partial charge >= 0.3 is 0 Å². The van der Waals surface area contributed by atoms with Crippen LogP contribution in [0.1, 0.15) is 18.7 Å². The molecule has 2 aromatic rings. The molecule has 0 amide bonds. The van der Waals surface area contributed by atoms with Gasteiger partial charge in [-0.25, -0.2) is 0 Å². The maximum atomic E-state index is 5.73. The van der Waals surface area contributed by atoms with Gasteiger partial charge in [0.05, 0.1) is 13.2 Å². The van der Waals surface area contributed by atoms with Gasteiger partial charge in [0.2, 0.25) is 0 Å². The Morgan fingerprint density at radius 1 is 1.43 bits per heavy atom. The molecular formula is C11H13NO2. The summed E-state index contributed by atoms with van der Waals surface area (Å²) < 4.78 is 10.8. The van der Waals surface area contributed by atoms with Crippen LogP contribution in [0.4, 0.5) is 0 Å². The Morgan fingerprint density at radius 3 is 2.86 bits per heavy atom. The van der Waals surface area contributed by atoms with E-state index in [0.717, 1.165) is 22.5 Å². The molecule has 3 heteroatoms. The number of hydrogen-bond acceptors (Lipinski definition) is 3. The molecule has 74 valence electrons. The fraction of sp³-hybridized carbons (Fsp3) is 0.273. The lowest BCUT2D eigenvalue weighted by Crippen LogP contribution is -2.02. The molecule has 0 bridgehead atoms. The first-order valence-electron chi connectivity index (χ1n) is 4.54. The van der Waals surface area contributed by atoms with Gasteiger partial charge in [0.25, 0.3) is 0 Å². The molecule has 0 fully saturated rings. The van der Waals surface area contributed by atoms with E-state index in [4.69, 9.17) is 14.9 Å². The van der Waals surface area contributed by atoms with Gasteiger partial charge in [-0.3, -0.25) is 0 Å². The van der Waals surface area contributed by atoms with Crippen molar-refractivity contribution in [3.8, 4) is 5.75 Å². The number of ether oxygens (including phenoxy) is 1. The van der Waals surface area contributed by atoms with E-state index in [1.807, 2.05) is 31.2 Å². The minimum Gasteiger partial charge on any atom is -0.493 e. The zero-order valence-corrected chi connectivity index (χ0v) is 8.28. The Labute approximate surface area is 82.5 Å². The lowest BCUT2D eigenvalue weighted by atomic mass is 10.2. The van der Waals surface area contributed by atoms with Crippen LogP contribution in [0.3, 0.4) is 0 Å². The van der Waals surface area contributed by atoms with Crippen molar-refractivity contribution in [1.29, 1.82) is 0 Å². The predicted octanol–water partition coefficient (Wildman–Crippen LogP) is 2.46. The zero-order valence-electron chi connectivity index (χ0n) is 8.28. The fourth-order valence-electron chi connectivity index (χ4n) is 1.44. The first-order chi connectivity index (χ1) is 6.72. The third-order valence-corrected chi connectivity index (χ3v) is 2.20. The quantitative estimate of drug-likeness (QED) is 0.793. The van der Waals surface area contributed by atoms with Crippen LogP contribution < -0.4 is 10.5 Å². The van der Waals surface area contributed by atoms with E-state index in [2.05, 4.69) is 0 Å². The second kappa shape index (κ2) is 3.35. The molecule has 1 aromatic carbocycles. The van der Waals surface area contributed by atoms with Crippen LogP contribution in [-0.2, 0) is 0 Å². The lowest BCUT2D eigenvalue weighted by Gasteiger charge is -1.99. The van der Waals surface area contributed by atoms with Gasteiger partial charge in [0.15, 0.2) is 11.3 Å². The number of nitrogens with two attached hydrogens (primary N) is 1. The van der Waals surface area contributed by atoms with Crippen LogP contribution >= 0.6 is 0 Å². The molecule has 3 nitrogen and oxygen atoms in total. The topological polar surface area (TPSA) is 48.4 Å². The van der Waals surface area contributed by atoms with Crippen LogP contribution in [0, 0.1) is 0 Å². The standard InChI is InChI=1S/C11H13NO2/c1-7(12)10-6-8-4-3-5-9(13-2)11(8)14-10/h3-7H,12H2,1-2H3/t7-/m0/s1. The SMILES string of the molecule is COc1cccc2cc([C@H](C)N)oc12. The third kappa shape index (κ3) is 1.36. The van der Waals surface area contributed by atoms with E-state index < -0.39 is 0 Å². The molecule has 1 atom stereocenters. The predicted molar refractivity (Wildman–Crippen MR) is 55.4 cm³/mol. The molecule has 1 heterocycles. The molecule has 0 saturated heterocycles. The Morgan fingerprint density at radius 2 is 2.21 bits per heavy atom. The highest BCUT2D eigenvalue weighted by Gasteiger charge is 2.10. The smallest absolute Gasteiger partial charge is 0.176 e. The van der Waals surface area contributed by atoms with Crippen molar-refractivity contribution in [2.24, 2.45) is 5.73 Å². The Kier molecular flexibility index (Phi) is 2.17. The third-order valence-electron chi connectivity index (χ3n) is 2.20. The molecule has 2 rings (SSSR count). The molecule has 0 aliphatic carbocycles. The van der Waals surface area contributed by atoms with Crippen molar-refractivity contribution in [2.75, 3.05) is 7.11 Å². The molecule has 0 saturated carbocycles. The van der Waals surface area contributed by atoms with Gasteiger partial charge in [0, 0.05) is 5.39 Å². The van der Waals surface area contributed by atoms with E-state index in [9.17, 15) is 0 Å². The van der Waals surface area contributed by atoms with Crippen molar-refractivity contribution in [1.82, 2.24) is 0 Å². The van der Waals surface area contributed by atoms with Crippen molar-refractivity contribution in [3.63, 3.8) is 0 Å². The van der Waals surface area contributed by atoms with Crippen molar-refractivity contribution >= 4 is 11.0 Å². The molecule has 0 aliphatic heterocycles.